The highest BCUT2D eigenvalue weighted by atomic mass is 35.5. The summed E-state index contributed by atoms with van der Waals surface area (Å²) in [4.78, 5) is 15.6. The molecule has 0 unspecified atom stereocenters. The Morgan fingerprint density at radius 2 is 2.04 bits per heavy atom. The Labute approximate surface area is 164 Å². The van der Waals surface area contributed by atoms with Gasteiger partial charge in [-0.15, -0.1) is 0 Å². The molecule has 0 aliphatic carbocycles. The second-order valence-corrected chi connectivity index (χ2v) is 7.76. The third-order valence-electron chi connectivity index (χ3n) is 4.41. The average Bonchev–Trinajstić information content (AvgIpc) is 3.20. The zero-order chi connectivity index (χ0) is 19.0. The standard InChI is InChI=1S/C19H15ClFN3O2S/c1-12(25)27-18-22-11-23-24(18)10-19(13-6-8-14(21)9-7-13)17(26-19)15-4-2-3-5-16(15)20/h2-9,11,17H,10H2,1H3/t17-,19-/m1/s1. The van der Waals surface area contributed by atoms with Crippen molar-refractivity contribution in [2.75, 3.05) is 0 Å². The summed E-state index contributed by atoms with van der Waals surface area (Å²) in [5.41, 5.74) is 0.894. The highest BCUT2D eigenvalue weighted by Gasteiger charge is 2.59. The Hall–Kier alpha value is -2.22. The molecule has 8 heteroatoms. The number of halogens is 2. The highest BCUT2D eigenvalue weighted by Crippen LogP contribution is 2.59. The Morgan fingerprint density at radius 1 is 1.30 bits per heavy atom. The predicted octanol–water partition coefficient (Wildman–Crippen LogP) is 4.38. The summed E-state index contributed by atoms with van der Waals surface area (Å²) in [6, 6.07) is 13.6. The van der Waals surface area contributed by atoms with Gasteiger partial charge >= 0.3 is 0 Å². The topological polar surface area (TPSA) is 60.3 Å². The quantitative estimate of drug-likeness (QED) is 0.467. The van der Waals surface area contributed by atoms with Crippen LogP contribution in [0.3, 0.4) is 0 Å². The number of nitrogens with zero attached hydrogens (tertiary/aromatic N) is 3. The Bertz CT molecular complexity index is 995. The van der Waals surface area contributed by atoms with Crippen molar-refractivity contribution in [3.8, 4) is 0 Å². The Balaban J connectivity index is 1.73. The van der Waals surface area contributed by atoms with E-state index in [0.29, 0.717) is 16.7 Å². The molecule has 0 amide bonds. The van der Waals surface area contributed by atoms with Gasteiger partial charge in [-0.1, -0.05) is 41.9 Å². The molecule has 1 saturated heterocycles. The fourth-order valence-electron chi connectivity index (χ4n) is 3.13. The van der Waals surface area contributed by atoms with Gasteiger partial charge in [0.15, 0.2) is 10.3 Å². The number of hydrogen-bond acceptors (Lipinski definition) is 5. The van der Waals surface area contributed by atoms with E-state index in [9.17, 15) is 9.18 Å². The van der Waals surface area contributed by atoms with Crippen LogP contribution in [0, 0.1) is 5.82 Å². The SMILES string of the molecule is CC(=O)Sc1ncnn1C[C@]1(c2ccc(F)cc2)O[C@@H]1c1ccccc1Cl. The number of aromatic nitrogens is 3. The minimum atomic E-state index is -0.765. The summed E-state index contributed by atoms with van der Waals surface area (Å²) in [6.07, 6.45) is 1.09. The van der Waals surface area contributed by atoms with Crippen LogP contribution < -0.4 is 0 Å². The van der Waals surface area contributed by atoms with Crippen LogP contribution in [0.1, 0.15) is 24.2 Å². The first-order chi connectivity index (χ1) is 13.0. The molecule has 1 aromatic heterocycles. The first-order valence-electron chi connectivity index (χ1n) is 8.24. The fourth-order valence-corrected chi connectivity index (χ4v) is 3.94. The second kappa shape index (κ2) is 7.07. The van der Waals surface area contributed by atoms with Gasteiger partial charge in [-0.2, -0.15) is 5.10 Å². The van der Waals surface area contributed by atoms with E-state index in [1.165, 1.54) is 25.4 Å². The van der Waals surface area contributed by atoms with Crippen molar-refractivity contribution in [1.82, 2.24) is 14.8 Å². The number of epoxide rings is 1. The lowest BCUT2D eigenvalue weighted by Gasteiger charge is -2.15. The third-order valence-corrected chi connectivity index (χ3v) is 5.55. The molecule has 1 fully saturated rings. The van der Waals surface area contributed by atoms with Gasteiger partial charge < -0.3 is 4.74 Å². The number of hydrogen-bond donors (Lipinski definition) is 0. The maximum Gasteiger partial charge on any atom is 0.193 e. The Morgan fingerprint density at radius 3 is 2.74 bits per heavy atom. The zero-order valence-corrected chi connectivity index (χ0v) is 15.9. The van der Waals surface area contributed by atoms with Gasteiger partial charge in [0, 0.05) is 17.5 Å². The molecule has 0 N–H and O–H groups in total. The summed E-state index contributed by atoms with van der Waals surface area (Å²) in [5, 5.41) is 5.23. The highest BCUT2D eigenvalue weighted by molar-refractivity contribution is 8.13. The number of ether oxygens (including phenoxy) is 1. The van der Waals surface area contributed by atoms with Gasteiger partial charge in [0.05, 0.1) is 6.54 Å². The van der Waals surface area contributed by atoms with Crippen LogP contribution >= 0.6 is 23.4 Å². The molecule has 2 heterocycles. The molecule has 0 bridgehead atoms. The lowest BCUT2D eigenvalue weighted by molar-refractivity contribution is -0.109. The smallest absolute Gasteiger partial charge is 0.193 e. The summed E-state index contributed by atoms with van der Waals surface area (Å²) in [6.45, 7) is 1.80. The number of benzene rings is 2. The van der Waals surface area contributed by atoms with E-state index in [1.54, 1.807) is 22.9 Å². The molecule has 0 spiro atoms. The molecule has 4 rings (SSSR count). The van der Waals surface area contributed by atoms with Crippen LogP contribution in [-0.4, -0.2) is 19.9 Å². The van der Waals surface area contributed by atoms with E-state index in [4.69, 9.17) is 16.3 Å². The van der Waals surface area contributed by atoms with Crippen molar-refractivity contribution in [3.05, 3.63) is 76.8 Å². The molecular formula is C19H15ClFN3O2S. The zero-order valence-electron chi connectivity index (χ0n) is 14.3. The van der Waals surface area contributed by atoms with Crippen molar-refractivity contribution in [1.29, 1.82) is 0 Å². The average molecular weight is 404 g/mol. The first-order valence-corrected chi connectivity index (χ1v) is 9.43. The molecule has 3 aromatic rings. The molecule has 27 heavy (non-hydrogen) atoms. The van der Waals surface area contributed by atoms with Gasteiger partial charge in [-0.3, -0.25) is 4.79 Å². The number of rotatable bonds is 5. The fraction of sp³-hybridized carbons (Fsp3) is 0.211. The predicted molar refractivity (Wildman–Crippen MR) is 99.9 cm³/mol. The van der Waals surface area contributed by atoms with Gasteiger partial charge in [-0.05, 0) is 35.5 Å². The lowest BCUT2D eigenvalue weighted by Crippen LogP contribution is -2.21. The van der Waals surface area contributed by atoms with Gasteiger partial charge in [0.2, 0.25) is 0 Å². The van der Waals surface area contributed by atoms with E-state index >= 15 is 0 Å². The number of carbonyl (C=O) groups is 1. The van der Waals surface area contributed by atoms with Crippen molar-refractivity contribution in [2.45, 2.75) is 30.3 Å². The van der Waals surface area contributed by atoms with E-state index in [-0.39, 0.29) is 17.0 Å². The summed E-state index contributed by atoms with van der Waals surface area (Å²) in [7, 11) is 0. The normalized spacial score (nSPS) is 21.2. The van der Waals surface area contributed by atoms with Crippen LogP contribution in [0.2, 0.25) is 5.02 Å². The van der Waals surface area contributed by atoms with Crippen molar-refractivity contribution >= 4 is 28.5 Å². The largest absolute Gasteiger partial charge is 0.354 e. The minimum absolute atomic E-state index is 0.0838. The van der Waals surface area contributed by atoms with E-state index in [0.717, 1.165) is 22.9 Å². The van der Waals surface area contributed by atoms with E-state index < -0.39 is 5.60 Å². The maximum atomic E-state index is 13.4. The van der Waals surface area contributed by atoms with Crippen molar-refractivity contribution in [2.24, 2.45) is 0 Å². The van der Waals surface area contributed by atoms with Crippen LogP contribution in [0.25, 0.3) is 0 Å². The molecule has 2 atom stereocenters. The maximum absolute atomic E-state index is 13.4. The first kappa shape index (κ1) is 18.2. The third kappa shape index (κ3) is 3.50. The Kier molecular flexibility index (Phi) is 4.75. The van der Waals surface area contributed by atoms with Crippen molar-refractivity contribution in [3.63, 3.8) is 0 Å². The minimum Gasteiger partial charge on any atom is -0.354 e. The summed E-state index contributed by atoms with van der Waals surface area (Å²) >= 11 is 7.36. The van der Waals surface area contributed by atoms with Crippen LogP contribution in [-0.2, 0) is 21.7 Å². The molecule has 1 aliphatic heterocycles. The lowest BCUT2D eigenvalue weighted by atomic mass is 9.91. The molecule has 1 aliphatic rings. The van der Waals surface area contributed by atoms with Crippen LogP contribution in [0.15, 0.2) is 60.0 Å². The van der Waals surface area contributed by atoms with Gasteiger partial charge in [0.1, 0.15) is 23.8 Å². The summed E-state index contributed by atoms with van der Waals surface area (Å²) < 4.78 is 21.2. The summed E-state index contributed by atoms with van der Waals surface area (Å²) in [5.74, 6) is -0.322. The van der Waals surface area contributed by atoms with E-state index in [1.807, 2.05) is 18.2 Å². The molecule has 0 saturated carbocycles. The number of carbonyl (C=O) groups excluding carboxylic acids is 1. The number of thioether (sulfide) groups is 1. The van der Waals surface area contributed by atoms with Crippen molar-refractivity contribution < 1.29 is 13.9 Å². The van der Waals surface area contributed by atoms with Gasteiger partial charge in [0.25, 0.3) is 0 Å². The van der Waals surface area contributed by atoms with E-state index in [2.05, 4.69) is 10.1 Å². The van der Waals surface area contributed by atoms with Crippen LogP contribution in [0.5, 0.6) is 0 Å². The molecule has 0 radical (unpaired) electrons. The molecular weight excluding hydrogens is 389 g/mol. The molecule has 2 aromatic carbocycles. The molecule has 138 valence electrons. The second-order valence-electron chi connectivity index (χ2n) is 6.21. The monoisotopic (exact) mass is 403 g/mol. The van der Waals surface area contributed by atoms with Gasteiger partial charge in [-0.25, -0.2) is 14.1 Å². The molecule has 5 nitrogen and oxygen atoms in total. The van der Waals surface area contributed by atoms with Crippen LogP contribution in [0.4, 0.5) is 4.39 Å².